The van der Waals surface area contributed by atoms with E-state index in [-0.39, 0.29) is 0 Å². The van der Waals surface area contributed by atoms with Crippen molar-refractivity contribution in [2.24, 2.45) is 0 Å². The van der Waals surface area contributed by atoms with Gasteiger partial charge in [-0.3, -0.25) is 4.57 Å². The molecule has 12 aromatic rings. The van der Waals surface area contributed by atoms with Crippen molar-refractivity contribution in [2.45, 2.75) is 0 Å². The zero-order valence-electron chi connectivity index (χ0n) is 30.0. The van der Waals surface area contributed by atoms with Crippen LogP contribution in [0.5, 0.6) is 0 Å². The fraction of sp³-hybridized carbons (Fsp3) is 0. The van der Waals surface area contributed by atoms with Gasteiger partial charge in [-0.1, -0.05) is 121 Å². The fourth-order valence-electron chi connectivity index (χ4n) is 8.76. The summed E-state index contributed by atoms with van der Waals surface area (Å²) in [7, 11) is 0. The zero-order chi connectivity index (χ0) is 36.7. The summed E-state index contributed by atoms with van der Waals surface area (Å²) in [5.41, 5.74) is 11.3. The molecule has 56 heavy (non-hydrogen) atoms. The van der Waals surface area contributed by atoms with Gasteiger partial charge in [-0.25, -0.2) is 0 Å². The summed E-state index contributed by atoms with van der Waals surface area (Å²) in [6, 6.07) is 66.1. The highest BCUT2D eigenvalue weighted by molar-refractivity contribution is 6.21. The molecule has 4 aromatic heterocycles. The number of fused-ring (bicyclic) bond motifs is 10. The van der Waals surface area contributed by atoms with Crippen LogP contribution in [-0.2, 0) is 0 Å². The third-order valence-electron chi connectivity index (χ3n) is 11.2. The monoisotopic (exact) mass is 717 g/mol. The van der Waals surface area contributed by atoms with Crippen molar-refractivity contribution < 1.29 is 4.42 Å². The first kappa shape index (κ1) is 30.7. The highest BCUT2D eigenvalue weighted by Crippen LogP contribution is 2.43. The second kappa shape index (κ2) is 11.9. The Morgan fingerprint density at radius 3 is 1.68 bits per heavy atom. The molecular weight excluding hydrogens is 687 g/mol. The van der Waals surface area contributed by atoms with Crippen molar-refractivity contribution in [1.29, 1.82) is 0 Å². The lowest BCUT2D eigenvalue weighted by molar-refractivity contribution is 0.671. The lowest BCUT2D eigenvalue weighted by Gasteiger charge is -2.16. The Morgan fingerprint density at radius 2 is 0.911 bits per heavy atom. The lowest BCUT2D eigenvalue weighted by atomic mass is 10.1. The minimum absolute atomic E-state index is 0.786. The van der Waals surface area contributed by atoms with Gasteiger partial charge in [-0.2, -0.15) is 0 Å². The van der Waals surface area contributed by atoms with E-state index in [9.17, 15) is 0 Å². The zero-order valence-corrected chi connectivity index (χ0v) is 30.0. The van der Waals surface area contributed by atoms with E-state index in [1.54, 1.807) is 0 Å². The van der Waals surface area contributed by atoms with Gasteiger partial charge in [0.05, 0.1) is 33.4 Å². The molecule has 0 bridgehead atoms. The van der Waals surface area contributed by atoms with Gasteiger partial charge in [-0.05, 0) is 66.7 Å². The third kappa shape index (κ3) is 4.38. The van der Waals surface area contributed by atoms with E-state index >= 15 is 0 Å². The highest BCUT2D eigenvalue weighted by atomic mass is 16.3. The summed E-state index contributed by atoms with van der Waals surface area (Å²) in [5, 5.41) is 16.5. The maximum atomic E-state index is 6.71. The summed E-state index contributed by atoms with van der Waals surface area (Å²) < 4.78 is 13.7. The van der Waals surface area contributed by atoms with E-state index < -0.39 is 0 Å². The van der Waals surface area contributed by atoms with Gasteiger partial charge in [0, 0.05) is 49.1 Å². The fourth-order valence-corrected chi connectivity index (χ4v) is 8.76. The molecule has 0 atom stereocenters. The van der Waals surface area contributed by atoms with Crippen LogP contribution in [-0.4, -0.2) is 23.9 Å². The molecule has 262 valence electrons. The minimum atomic E-state index is 0.786. The molecule has 0 aliphatic heterocycles. The number of rotatable bonds is 5. The summed E-state index contributed by atoms with van der Waals surface area (Å²) in [5.74, 6) is 1.59. The Kier molecular flexibility index (Phi) is 6.53. The van der Waals surface area contributed by atoms with E-state index in [1.165, 1.54) is 5.39 Å². The Bertz CT molecular complexity index is 3480. The van der Waals surface area contributed by atoms with Gasteiger partial charge in [-0.15, -0.1) is 10.2 Å². The number of aromatic nitrogens is 5. The quantitative estimate of drug-likeness (QED) is 0.178. The van der Waals surface area contributed by atoms with E-state index in [4.69, 9.17) is 14.6 Å². The molecule has 6 heteroatoms. The van der Waals surface area contributed by atoms with Crippen LogP contribution in [0.1, 0.15) is 0 Å². The average molecular weight is 718 g/mol. The van der Waals surface area contributed by atoms with Crippen molar-refractivity contribution in [3.8, 4) is 39.8 Å². The van der Waals surface area contributed by atoms with Crippen molar-refractivity contribution in [3.63, 3.8) is 0 Å². The molecule has 0 saturated carbocycles. The van der Waals surface area contributed by atoms with Crippen LogP contribution >= 0.6 is 0 Å². The Morgan fingerprint density at radius 1 is 0.357 bits per heavy atom. The molecular formula is C50H31N5O. The normalized spacial score (nSPS) is 11.9. The van der Waals surface area contributed by atoms with Crippen molar-refractivity contribution in [3.05, 3.63) is 188 Å². The number of nitrogens with zero attached hydrogens (tertiary/aromatic N) is 5. The summed E-state index contributed by atoms with van der Waals surface area (Å²) in [6.07, 6.45) is 0. The number of hydrogen-bond donors (Lipinski definition) is 0. The van der Waals surface area contributed by atoms with E-state index in [0.29, 0.717) is 0 Å². The smallest absolute Gasteiger partial charge is 0.168 e. The second-order valence-corrected chi connectivity index (χ2v) is 14.2. The minimum Gasteiger partial charge on any atom is -0.454 e. The van der Waals surface area contributed by atoms with Gasteiger partial charge in [0.15, 0.2) is 17.2 Å². The molecule has 12 rings (SSSR count). The maximum absolute atomic E-state index is 6.71. The summed E-state index contributed by atoms with van der Waals surface area (Å²) in [4.78, 5) is 0. The molecule has 8 aromatic carbocycles. The molecule has 0 N–H and O–H groups in total. The molecule has 0 amide bonds. The van der Waals surface area contributed by atoms with Crippen LogP contribution in [0.4, 0.5) is 0 Å². The van der Waals surface area contributed by atoms with Gasteiger partial charge in [0.25, 0.3) is 0 Å². The number of benzene rings is 8. The predicted octanol–water partition coefficient (Wildman–Crippen LogP) is 12.7. The average Bonchev–Trinajstić information content (AvgIpc) is 4.04. The van der Waals surface area contributed by atoms with Gasteiger partial charge in [0.1, 0.15) is 5.58 Å². The molecule has 0 aliphatic rings. The Hall–Kier alpha value is -7.70. The Labute approximate surface area is 320 Å². The summed E-state index contributed by atoms with van der Waals surface area (Å²) in [6.45, 7) is 0. The lowest BCUT2D eigenvalue weighted by Crippen LogP contribution is -2.03. The number of furan rings is 1. The largest absolute Gasteiger partial charge is 0.454 e. The molecule has 0 unspecified atom stereocenters. The van der Waals surface area contributed by atoms with Gasteiger partial charge in [0.2, 0.25) is 0 Å². The molecule has 0 aliphatic carbocycles. The topological polar surface area (TPSA) is 53.7 Å². The van der Waals surface area contributed by atoms with Crippen LogP contribution in [0.3, 0.4) is 0 Å². The van der Waals surface area contributed by atoms with E-state index in [1.807, 2.05) is 30.3 Å². The van der Waals surface area contributed by atoms with Crippen LogP contribution in [0.2, 0.25) is 0 Å². The Balaban J connectivity index is 1.12. The van der Waals surface area contributed by atoms with Crippen molar-refractivity contribution in [1.82, 2.24) is 23.9 Å². The number of para-hydroxylation sites is 6. The number of hydrogen-bond acceptors (Lipinski definition) is 3. The van der Waals surface area contributed by atoms with Crippen LogP contribution in [0.15, 0.2) is 192 Å². The van der Waals surface area contributed by atoms with Gasteiger partial charge >= 0.3 is 0 Å². The molecule has 0 spiro atoms. The SMILES string of the molecule is c1ccc(-c2nnc(-c3ccc4c(c3)c3ccccc3n4-c3ccccc3-n3c4ccccc4c4ccc5c6ccccc6oc5c43)n2-c2ccccc2)cc1. The van der Waals surface area contributed by atoms with Crippen LogP contribution in [0.25, 0.3) is 105 Å². The van der Waals surface area contributed by atoms with E-state index in [2.05, 4.69) is 171 Å². The first-order chi connectivity index (χ1) is 27.8. The summed E-state index contributed by atoms with van der Waals surface area (Å²) >= 11 is 0. The first-order valence-electron chi connectivity index (χ1n) is 18.8. The molecule has 0 radical (unpaired) electrons. The molecule has 4 heterocycles. The second-order valence-electron chi connectivity index (χ2n) is 14.2. The van der Waals surface area contributed by atoms with Crippen molar-refractivity contribution in [2.75, 3.05) is 0 Å². The molecule has 0 saturated heterocycles. The predicted molar refractivity (Wildman–Crippen MR) is 228 cm³/mol. The van der Waals surface area contributed by atoms with Crippen molar-refractivity contribution >= 4 is 65.6 Å². The standard InChI is InChI=1S/C50H31N5O/c1-3-15-32(16-4-1)49-51-52-50(53(49)34-17-5-2-6-18-34)33-27-30-43-40(31-33)36-20-8-10-22-41(36)54(43)44-24-12-13-25-45(44)55-42-23-11-7-19-35(42)38-28-29-39-37-21-9-14-26-46(37)56-48(39)47(38)55/h1-31H. The van der Waals surface area contributed by atoms with Crippen LogP contribution < -0.4 is 0 Å². The molecule has 6 nitrogen and oxygen atoms in total. The molecule has 0 fully saturated rings. The highest BCUT2D eigenvalue weighted by Gasteiger charge is 2.23. The van der Waals surface area contributed by atoms with E-state index in [0.717, 1.165) is 100 Å². The third-order valence-corrected chi connectivity index (χ3v) is 11.2. The first-order valence-corrected chi connectivity index (χ1v) is 18.8. The maximum Gasteiger partial charge on any atom is 0.168 e. The van der Waals surface area contributed by atoms with Crippen LogP contribution in [0, 0.1) is 0 Å². The van der Waals surface area contributed by atoms with Gasteiger partial charge < -0.3 is 13.6 Å².